The number of rotatable bonds is 0. The molecular formula is C6H10F3N. The Morgan fingerprint density at radius 2 is 2.00 bits per heavy atom. The molecule has 0 saturated carbocycles. The Hall–Kier alpha value is -0.250. The number of hydrogen-bond acceptors (Lipinski definition) is 1. The lowest BCUT2D eigenvalue weighted by Gasteiger charge is -2.16. The van der Waals surface area contributed by atoms with Crippen LogP contribution in [-0.4, -0.2) is 25.2 Å². The molecule has 4 heteroatoms. The third-order valence-electron chi connectivity index (χ3n) is 1.67. The van der Waals surface area contributed by atoms with Gasteiger partial charge < -0.3 is 5.32 Å². The maximum Gasteiger partial charge on any atom is 0.279 e. The third-order valence-corrected chi connectivity index (χ3v) is 1.67. The highest BCUT2D eigenvalue weighted by Gasteiger charge is 2.40. The van der Waals surface area contributed by atoms with Gasteiger partial charge in [0.15, 0.2) is 6.17 Å². The summed E-state index contributed by atoms with van der Waals surface area (Å²) in [7, 11) is 0. The van der Waals surface area contributed by atoms with Gasteiger partial charge in [0.2, 0.25) is 0 Å². The zero-order chi connectivity index (χ0) is 7.61. The Morgan fingerprint density at radius 1 is 1.30 bits per heavy atom. The number of alkyl halides is 3. The fraction of sp³-hybridized carbons (Fsp3) is 1.00. The topological polar surface area (TPSA) is 12.0 Å². The van der Waals surface area contributed by atoms with Gasteiger partial charge in [-0.3, -0.25) is 0 Å². The molecule has 0 amide bonds. The Bertz CT molecular complexity index is 116. The van der Waals surface area contributed by atoms with Gasteiger partial charge in [0.05, 0.1) is 0 Å². The van der Waals surface area contributed by atoms with Gasteiger partial charge in [-0.15, -0.1) is 0 Å². The van der Waals surface area contributed by atoms with E-state index in [4.69, 9.17) is 0 Å². The average molecular weight is 153 g/mol. The van der Waals surface area contributed by atoms with E-state index in [0.717, 1.165) is 0 Å². The Labute approximate surface area is 57.6 Å². The fourth-order valence-corrected chi connectivity index (χ4v) is 0.977. The molecule has 0 aromatic rings. The molecule has 0 aliphatic carbocycles. The Morgan fingerprint density at radius 3 is 2.70 bits per heavy atom. The van der Waals surface area contributed by atoms with Gasteiger partial charge >= 0.3 is 0 Å². The molecule has 0 unspecified atom stereocenters. The van der Waals surface area contributed by atoms with Crippen LogP contribution in [0.1, 0.15) is 12.8 Å². The summed E-state index contributed by atoms with van der Waals surface area (Å²) in [5.74, 6) is -3.11. The highest BCUT2D eigenvalue weighted by atomic mass is 19.3. The normalized spacial score (nSPS) is 33.3. The van der Waals surface area contributed by atoms with Crippen molar-refractivity contribution >= 4 is 0 Å². The first-order chi connectivity index (χ1) is 4.63. The van der Waals surface area contributed by atoms with Crippen molar-refractivity contribution in [2.24, 2.45) is 0 Å². The second-order valence-electron chi connectivity index (χ2n) is 2.52. The predicted molar refractivity (Wildman–Crippen MR) is 31.9 cm³/mol. The first-order valence-corrected chi connectivity index (χ1v) is 3.35. The van der Waals surface area contributed by atoms with Crippen LogP contribution in [0.4, 0.5) is 13.2 Å². The van der Waals surface area contributed by atoms with E-state index < -0.39 is 12.1 Å². The van der Waals surface area contributed by atoms with E-state index >= 15 is 0 Å². The lowest BCUT2D eigenvalue weighted by Crippen LogP contribution is -2.29. The van der Waals surface area contributed by atoms with Crippen LogP contribution >= 0.6 is 0 Å². The minimum absolute atomic E-state index is 0.0764. The largest absolute Gasteiger partial charge is 0.316 e. The molecule has 10 heavy (non-hydrogen) atoms. The highest BCUT2D eigenvalue weighted by Crippen LogP contribution is 2.28. The molecule has 1 saturated heterocycles. The molecule has 0 radical (unpaired) electrons. The van der Waals surface area contributed by atoms with Gasteiger partial charge in [0, 0.05) is 13.0 Å². The van der Waals surface area contributed by atoms with Crippen molar-refractivity contribution in [2.75, 3.05) is 13.1 Å². The predicted octanol–water partition coefficient (Wildman–Crippen LogP) is 1.34. The van der Waals surface area contributed by atoms with Crippen molar-refractivity contribution in [1.29, 1.82) is 0 Å². The number of halogens is 3. The lowest BCUT2D eigenvalue weighted by atomic mass is 10.1. The van der Waals surface area contributed by atoms with Crippen molar-refractivity contribution < 1.29 is 13.2 Å². The van der Waals surface area contributed by atoms with Crippen molar-refractivity contribution in [3.05, 3.63) is 0 Å². The van der Waals surface area contributed by atoms with Crippen molar-refractivity contribution in [3.63, 3.8) is 0 Å². The van der Waals surface area contributed by atoms with Gasteiger partial charge in [0.1, 0.15) is 0 Å². The van der Waals surface area contributed by atoms with Gasteiger partial charge in [-0.05, 0) is 13.0 Å². The summed E-state index contributed by atoms with van der Waals surface area (Å²) in [4.78, 5) is 0. The molecule has 1 aliphatic heterocycles. The SMILES string of the molecule is F[C@H]1CCNCCC1(F)F. The molecule has 1 rings (SSSR count). The molecule has 1 heterocycles. The summed E-state index contributed by atoms with van der Waals surface area (Å²) in [6.07, 6.45) is -2.41. The van der Waals surface area contributed by atoms with Crippen LogP contribution in [0.25, 0.3) is 0 Å². The van der Waals surface area contributed by atoms with Crippen LogP contribution in [0.2, 0.25) is 0 Å². The van der Waals surface area contributed by atoms with E-state index in [1.165, 1.54) is 0 Å². The summed E-state index contributed by atoms with van der Waals surface area (Å²) < 4.78 is 37.3. The van der Waals surface area contributed by atoms with Crippen LogP contribution in [0.3, 0.4) is 0 Å². The van der Waals surface area contributed by atoms with Gasteiger partial charge in [-0.1, -0.05) is 0 Å². The van der Waals surface area contributed by atoms with Crippen molar-refractivity contribution in [2.45, 2.75) is 24.9 Å². The quantitative estimate of drug-likeness (QED) is 0.553. The maximum atomic E-state index is 12.4. The highest BCUT2D eigenvalue weighted by molar-refractivity contribution is 4.81. The maximum absolute atomic E-state index is 12.4. The van der Waals surface area contributed by atoms with E-state index in [1.807, 2.05) is 0 Å². The van der Waals surface area contributed by atoms with Crippen molar-refractivity contribution in [1.82, 2.24) is 5.32 Å². The summed E-state index contributed by atoms with van der Waals surface area (Å²) in [6.45, 7) is 0.574. The monoisotopic (exact) mass is 153 g/mol. The smallest absolute Gasteiger partial charge is 0.279 e. The first kappa shape index (κ1) is 7.85. The molecule has 1 N–H and O–H groups in total. The minimum Gasteiger partial charge on any atom is -0.316 e. The summed E-state index contributed by atoms with van der Waals surface area (Å²) in [6, 6.07) is 0. The standard InChI is InChI=1S/C6H10F3N/c7-5-1-3-10-4-2-6(5,8)9/h5,10H,1-4H2/t5-/m0/s1. The lowest BCUT2D eigenvalue weighted by molar-refractivity contribution is -0.0732. The van der Waals surface area contributed by atoms with E-state index in [-0.39, 0.29) is 19.4 Å². The molecule has 0 bridgehead atoms. The first-order valence-electron chi connectivity index (χ1n) is 3.35. The zero-order valence-corrected chi connectivity index (χ0v) is 5.54. The molecule has 1 atom stereocenters. The molecular weight excluding hydrogens is 143 g/mol. The second-order valence-corrected chi connectivity index (χ2v) is 2.52. The molecule has 1 fully saturated rings. The molecule has 60 valence electrons. The molecule has 0 aromatic heterocycles. The average Bonchev–Trinajstić information content (AvgIpc) is 1.96. The van der Waals surface area contributed by atoms with Gasteiger partial charge in [-0.2, -0.15) is 0 Å². The zero-order valence-electron chi connectivity index (χ0n) is 5.54. The third kappa shape index (κ3) is 1.62. The van der Waals surface area contributed by atoms with Crippen LogP contribution in [0, 0.1) is 0 Å². The molecule has 1 nitrogen and oxygen atoms in total. The van der Waals surface area contributed by atoms with Crippen LogP contribution in [0.15, 0.2) is 0 Å². The van der Waals surface area contributed by atoms with Gasteiger partial charge in [-0.25, -0.2) is 13.2 Å². The number of hydrogen-bond donors (Lipinski definition) is 1. The molecule has 0 aromatic carbocycles. The van der Waals surface area contributed by atoms with Crippen LogP contribution in [-0.2, 0) is 0 Å². The van der Waals surface area contributed by atoms with Crippen molar-refractivity contribution in [3.8, 4) is 0 Å². The Kier molecular flexibility index (Phi) is 2.18. The Balaban J connectivity index is 2.52. The van der Waals surface area contributed by atoms with E-state index in [1.54, 1.807) is 0 Å². The summed E-state index contributed by atoms with van der Waals surface area (Å²) >= 11 is 0. The molecule has 0 spiro atoms. The van der Waals surface area contributed by atoms with Crippen LogP contribution < -0.4 is 5.32 Å². The van der Waals surface area contributed by atoms with Gasteiger partial charge in [0.25, 0.3) is 5.92 Å². The second kappa shape index (κ2) is 2.78. The summed E-state index contributed by atoms with van der Waals surface area (Å²) in [5, 5.41) is 2.71. The minimum atomic E-state index is -3.11. The summed E-state index contributed by atoms with van der Waals surface area (Å²) in [5.41, 5.74) is 0. The van der Waals surface area contributed by atoms with E-state index in [2.05, 4.69) is 5.32 Å². The fourth-order valence-electron chi connectivity index (χ4n) is 0.977. The number of nitrogens with one attached hydrogen (secondary N) is 1. The van der Waals surface area contributed by atoms with Crippen LogP contribution in [0.5, 0.6) is 0 Å². The molecule has 1 aliphatic rings. The van der Waals surface area contributed by atoms with E-state index in [0.29, 0.717) is 6.54 Å². The van der Waals surface area contributed by atoms with E-state index in [9.17, 15) is 13.2 Å².